The minimum Gasteiger partial charge on any atom is -0.369 e. The van der Waals surface area contributed by atoms with Crippen LogP contribution in [-0.2, 0) is 6.67 Å². The summed E-state index contributed by atoms with van der Waals surface area (Å²) in [6.45, 7) is 3.98. The summed E-state index contributed by atoms with van der Waals surface area (Å²) in [6, 6.07) is 13.7. The van der Waals surface area contributed by atoms with Crippen molar-refractivity contribution in [3.8, 4) is 11.4 Å². The van der Waals surface area contributed by atoms with Gasteiger partial charge in [-0.05, 0) is 61.5 Å². The van der Waals surface area contributed by atoms with Crippen molar-refractivity contribution >= 4 is 17.9 Å². The monoisotopic (exact) mass is 427 g/mol. The van der Waals surface area contributed by atoms with E-state index < -0.39 is 0 Å². The molecule has 2 fully saturated rings. The second kappa shape index (κ2) is 7.92. The van der Waals surface area contributed by atoms with E-state index in [0.29, 0.717) is 28.9 Å². The Morgan fingerprint density at radius 2 is 1.63 bits per heavy atom. The summed E-state index contributed by atoms with van der Waals surface area (Å²) >= 11 is 5.72. The van der Waals surface area contributed by atoms with Crippen LogP contribution < -0.4 is 4.90 Å². The lowest BCUT2D eigenvalue weighted by Crippen LogP contribution is -2.47. The molecular formula is C22H23F2N5S. The van der Waals surface area contributed by atoms with Crippen LogP contribution in [0.25, 0.3) is 11.4 Å². The summed E-state index contributed by atoms with van der Waals surface area (Å²) in [5, 5.41) is 4.72. The number of hydrogen-bond acceptors (Lipinski definition) is 4. The molecule has 1 aromatic heterocycles. The van der Waals surface area contributed by atoms with Gasteiger partial charge in [0.2, 0.25) is 0 Å². The van der Waals surface area contributed by atoms with Crippen molar-refractivity contribution in [2.45, 2.75) is 25.6 Å². The lowest BCUT2D eigenvalue weighted by molar-refractivity contribution is 0.194. The second-order valence-corrected chi connectivity index (χ2v) is 8.27. The van der Waals surface area contributed by atoms with Gasteiger partial charge in [-0.25, -0.2) is 13.5 Å². The van der Waals surface area contributed by atoms with Crippen molar-refractivity contribution < 1.29 is 8.78 Å². The molecule has 5 nitrogen and oxygen atoms in total. The first-order valence-corrected chi connectivity index (χ1v) is 10.7. The Balaban J connectivity index is 1.34. The molecule has 8 heteroatoms. The maximum atomic E-state index is 14.4. The molecule has 2 heterocycles. The maximum Gasteiger partial charge on any atom is 0.199 e. The molecule has 5 rings (SSSR count). The average Bonchev–Trinajstić information content (AvgIpc) is 3.54. The van der Waals surface area contributed by atoms with Gasteiger partial charge in [0, 0.05) is 37.9 Å². The van der Waals surface area contributed by atoms with Gasteiger partial charge in [0.1, 0.15) is 11.6 Å². The van der Waals surface area contributed by atoms with Crippen LogP contribution in [0.3, 0.4) is 0 Å². The molecule has 0 spiro atoms. The summed E-state index contributed by atoms with van der Waals surface area (Å²) in [4.78, 5) is 4.55. The highest BCUT2D eigenvalue weighted by Gasteiger charge is 2.30. The zero-order valence-corrected chi connectivity index (χ0v) is 17.4. The minimum atomic E-state index is -0.278. The largest absolute Gasteiger partial charge is 0.369 e. The van der Waals surface area contributed by atoms with Gasteiger partial charge in [0.25, 0.3) is 0 Å². The molecule has 156 valence electrons. The SMILES string of the molecule is Fc1ccc(N2CCN(Cn3nc(-c4ccccc4F)n(C4CC4)c3=S)CC2)cc1. The summed E-state index contributed by atoms with van der Waals surface area (Å²) in [5.41, 5.74) is 1.53. The van der Waals surface area contributed by atoms with Gasteiger partial charge in [-0.3, -0.25) is 9.47 Å². The normalized spacial score (nSPS) is 17.5. The van der Waals surface area contributed by atoms with Gasteiger partial charge in [0.05, 0.1) is 12.2 Å². The van der Waals surface area contributed by atoms with Gasteiger partial charge in [0.15, 0.2) is 10.6 Å². The zero-order valence-electron chi connectivity index (χ0n) is 16.5. The Bertz CT molecular complexity index is 1100. The Morgan fingerprint density at radius 1 is 0.933 bits per heavy atom. The average molecular weight is 428 g/mol. The van der Waals surface area contributed by atoms with E-state index >= 15 is 0 Å². The molecule has 3 aromatic rings. The third-order valence-electron chi connectivity index (χ3n) is 5.80. The van der Waals surface area contributed by atoms with Crippen molar-refractivity contribution in [1.82, 2.24) is 19.2 Å². The molecule has 0 atom stereocenters. The van der Waals surface area contributed by atoms with E-state index in [9.17, 15) is 8.78 Å². The zero-order chi connectivity index (χ0) is 20.7. The third-order valence-corrected chi connectivity index (χ3v) is 6.20. The van der Waals surface area contributed by atoms with Gasteiger partial charge in [-0.15, -0.1) is 0 Å². The van der Waals surface area contributed by atoms with E-state index in [1.54, 1.807) is 12.1 Å². The Kier molecular flexibility index (Phi) is 5.12. The molecule has 1 aliphatic carbocycles. The van der Waals surface area contributed by atoms with Crippen LogP contribution in [0.5, 0.6) is 0 Å². The fourth-order valence-electron chi connectivity index (χ4n) is 3.99. The first-order chi connectivity index (χ1) is 14.6. The molecule has 0 N–H and O–H groups in total. The van der Waals surface area contributed by atoms with Crippen molar-refractivity contribution in [3.05, 3.63) is 64.9 Å². The Labute approximate surface area is 179 Å². The molecule has 30 heavy (non-hydrogen) atoms. The summed E-state index contributed by atoms with van der Waals surface area (Å²) in [6.07, 6.45) is 2.11. The number of piperazine rings is 1. The van der Waals surface area contributed by atoms with Gasteiger partial charge in [-0.1, -0.05) is 12.1 Å². The molecule has 0 bridgehead atoms. The van der Waals surface area contributed by atoms with Crippen molar-refractivity contribution in [2.75, 3.05) is 31.1 Å². The van der Waals surface area contributed by atoms with Crippen LogP contribution in [0, 0.1) is 16.4 Å². The molecule has 2 aromatic carbocycles. The van der Waals surface area contributed by atoms with Crippen LogP contribution in [-0.4, -0.2) is 45.4 Å². The van der Waals surface area contributed by atoms with Crippen LogP contribution in [0.4, 0.5) is 14.5 Å². The van der Waals surface area contributed by atoms with Crippen LogP contribution in [0.15, 0.2) is 48.5 Å². The van der Waals surface area contributed by atoms with E-state index in [1.807, 2.05) is 27.4 Å². The Hall–Kier alpha value is -2.58. The number of anilines is 1. The second-order valence-electron chi connectivity index (χ2n) is 7.91. The van der Waals surface area contributed by atoms with E-state index in [2.05, 4.69) is 9.80 Å². The van der Waals surface area contributed by atoms with Crippen LogP contribution in [0.1, 0.15) is 18.9 Å². The lowest BCUT2D eigenvalue weighted by atomic mass is 10.2. The number of halogens is 2. The predicted octanol–water partition coefficient (Wildman–Crippen LogP) is 4.47. The molecule has 1 saturated heterocycles. The van der Waals surface area contributed by atoms with E-state index in [-0.39, 0.29) is 11.6 Å². The first kappa shape index (κ1) is 19.4. The Morgan fingerprint density at radius 3 is 2.30 bits per heavy atom. The molecular weight excluding hydrogens is 404 g/mol. The first-order valence-electron chi connectivity index (χ1n) is 10.3. The summed E-state index contributed by atoms with van der Waals surface area (Å²) < 4.78 is 32.1. The molecule has 0 unspecified atom stereocenters. The number of nitrogens with zero attached hydrogens (tertiary/aromatic N) is 5. The van der Waals surface area contributed by atoms with Crippen molar-refractivity contribution in [1.29, 1.82) is 0 Å². The quantitative estimate of drug-likeness (QED) is 0.562. The molecule has 1 saturated carbocycles. The molecule has 0 radical (unpaired) electrons. The van der Waals surface area contributed by atoms with Gasteiger partial charge < -0.3 is 4.90 Å². The standard InChI is InChI=1S/C22H23F2N5S/c23-16-5-7-17(8-6-16)27-13-11-26(12-14-27)15-28-22(30)29(18-9-10-18)21(25-28)19-3-1-2-4-20(19)24/h1-8,18H,9-15H2. The van der Waals surface area contributed by atoms with Crippen LogP contribution in [0.2, 0.25) is 0 Å². The number of rotatable bonds is 5. The smallest absolute Gasteiger partial charge is 0.199 e. The highest BCUT2D eigenvalue weighted by Crippen LogP contribution is 2.39. The van der Waals surface area contributed by atoms with Crippen LogP contribution >= 0.6 is 12.2 Å². The lowest BCUT2D eigenvalue weighted by Gasteiger charge is -2.35. The number of aromatic nitrogens is 3. The number of benzene rings is 2. The summed E-state index contributed by atoms with van der Waals surface area (Å²) in [5.74, 6) is 0.119. The summed E-state index contributed by atoms with van der Waals surface area (Å²) in [7, 11) is 0. The fraction of sp³-hybridized carbons (Fsp3) is 0.364. The van der Waals surface area contributed by atoms with Gasteiger partial charge in [-0.2, -0.15) is 5.10 Å². The third kappa shape index (κ3) is 3.77. The van der Waals surface area contributed by atoms with E-state index in [4.69, 9.17) is 17.3 Å². The van der Waals surface area contributed by atoms with Crippen molar-refractivity contribution in [3.63, 3.8) is 0 Å². The fourth-order valence-corrected chi connectivity index (χ4v) is 4.32. The predicted molar refractivity (Wildman–Crippen MR) is 115 cm³/mol. The highest BCUT2D eigenvalue weighted by atomic mass is 32.1. The maximum absolute atomic E-state index is 14.4. The topological polar surface area (TPSA) is 29.2 Å². The molecule has 2 aliphatic rings. The highest BCUT2D eigenvalue weighted by molar-refractivity contribution is 7.71. The molecule has 0 amide bonds. The molecule has 1 aliphatic heterocycles. The number of hydrogen-bond donors (Lipinski definition) is 0. The van der Waals surface area contributed by atoms with Gasteiger partial charge >= 0.3 is 0 Å². The van der Waals surface area contributed by atoms with Crippen molar-refractivity contribution in [2.24, 2.45) is 0 Å². The van der Waals surface area contributed by atoms with E-state index in [1.165, 1.54) is 18.2 Å². The van der Waals surface area contributed by atoms with E-state index in [0.717, 1.165) is 44.7 Å². The minimum absolute atomic E-state index is 0.219.